The number of aliphatic carboxylic acids is 1. The maximum atomic E-state index is 12.0. The van der Waals surface area contributed by atoms with Crippen molar-refractivity contribution in [2.75, 3.05) is 7.11 Å². The smallest absolute Gasteiger partial charge is 0.303 e. The molecular formula is C14H14N2O5. The van der Waals surface area contributed by atoms with E-state index in [2.05, 4.69) is 5.10 Å². The Morgan fingerprint density at radius 3 is 2.76 bits per heavy atom. The number of para-hydroxylation sites is 2. The lowest BCUT2D eigenvalue weighted by Gasteiger charge is -2.11. The summed E-state index contributed by atoms with van der Waals surface area (Å²) in [5.41, 5.74) is 0.0283. The fraction of sp³-hybridized carbons (Fsp3) is 0.214. The predicted molar refractivity (Wildman–Crippen MR) is 74.0 cm³/mol. The Hall–Kier alpha value is -2.83. The van der Waals surface area contributed by atoms with Gasteiger partial charge in [-0.05, 0) is 12.1 Å². The Kier molecular flexibility index (Phi) is 4.22. The molecule has 0 radical (unpaired) electrons. The van der Waals surface area contributed by atoms with Crippen LogP contribution in [0.4, 0.5) is 0 Å². The molecule has 1 aromatic carbocycles. The third-order valence-corrected chi connectivity index (χ3v) is 2.87. The Morgan fingerprint density at radius 2 is 2.10 bits per heavy atom. The number of aryl methyl sites for hydroxylation is 1. The van der Waals surface area contributed by atoms with Gasteiger partial charge in [0.15, 0.2) is 0 Å². The molecule has 2 N–H and O–H groups in total. The van der Waals surface area contributed by atoms with Gasteiger partial charge in [0.1, 0.15) is 22.9 Å². The summed E-state index contributed by atoms with van der Waals surface area (Å²) in [6.07, 6.45) is -0.165. The Labute approximate surface area is 120 Å². The molecule has 2 rings (SSSR count). The fourth-order valence-electron chi connectivity index (χ4n) is 1.86. The minimum atomic E-state index is -1.01. The molecule has 7 nitrogen and oxygen atoms in total. The maximum absolute atomic E-state index is 12.0. The van der Waals surface area contributed by atoms with Crippen LogP contribution in [0.3, 0.4) is 0 Å². The van der Waals surface area contributed by atoms with E-state index in [0.29, 0.717) is 11.4 Å². The van der Waals surface area contributed by atoms with Crippen LogP contribution < -0.4 is 10.3 Å². The van der Waals surface area contributed by atoms with Gasteiger partial charge in [0.05, 0.1) is 13.5 Å². The number of benzene rings is 1. The first kappa shape index (κ1) is 14.6. The Balaban J connectivity index is 2.51. The van der Waals surface area contributed by atoms with Crippen LogP contribution in [0.25, 0.3) is 5.69 Å². The average Bonchev–Trinajstić information content (AvgIpc) is 2.46. The van der Waals surface area contributed by atoms with E-state index in [1.165, 1.54) is 7.11 Å². The predicted octanol–water partition coefficient (Wildman–Crippen LogP) is 0.964. The minimum Gasteiger partial charge on any atom is -0.506 e. The molecule has 7 heteroatoms. The van der Waals surface area contributed by atoms with E-state index in [-0.39, 0.29) is 24.3 Å². The van der Waals surface area contributed by atoms with Crippen LogP contribution in [0, 0.1) is 0 Å². The zero-order valence-electron chi connectivity index (χ0n) is 11.3. The summed E-state index contributed by atoms with van der Waals surface area (Å²) in [6, 6.07) is 7.80. The van der Waals surface area contributed by atoms with Gasteiger partial charge in [-0.3, -0.25) is 9.59 Å². The van der Waals surface area contributed by atoms with E-state index in [1.807, 2.05) is 0 Å². The highest BCUT2D eigenvalue weighted by Gasteiger charge is 2.13. The van der Waals surface area contributed by atoms with Gasteiger partial charge in [-0.25, -0.2) is 0 Å². The topological polar surface area (TPSA) is 102 Å². The van der Waals surface area contributed by atoms with Crippen LogP contribution in [-0.2, 0) is 11.2 Å². The highest BCUT2D eigenvalue weighted by molar-refractivity contribution is 5.67. The molecule has 110 valence electrons. The van der Waals surface area contributed by atoms with Crippen molar-refractivity contribution >= 4 is 5.97 Å². The number of aromatic hydroxyl groups is 1. The first-order valence-corrected chi connectivity index (χ1v) is 6.20. The van der Waals surface area contributed by atoms with Gasteiger partial charge in [0, 0.05) is 12.5 Å². The summed E-state index contributed by atoms with van der Waals surface area (Å²) in [6.45, 7) is 0. The van der Waals surface area contributed by atoms with Gasteiger partial charge in [0.25, 0.3) is 5.56 Å². The van der Waals surface area contributed by atoms with Crippen molar-refractivity contribution in [2.45, 2.75) is 12.8 Å². The number of rotatable bonds is 5. The molecule has 0 spiro atoms. The quantitative estimate of drug-likeness (QED) is 0.850. The third kappa shape index (κ3) is 3.19. The molecule has 0 saturated heterocycles. The van der Waals surface area contributed by atoms with Crippen LogP contribution in [0.15, 0.2) is 35.1 Å². The average molecular weight is 290 g/mol. The van der Waals surface area contributed by atoms with Crippen molar-refractivity contribution in [1.29, 1.82) is 0 Å². The van der Waals surface area contributed by atoms with Crippen molar-refractivity contribution < 1.29 is 19.7 Å². The Morgan fingerprint density at radius 1 is 1.38 bits per heavy atom. The van der Waals surface area contributed by atoms with E-state index in [9.17, 15) is 14.7 Å². The van der Waals surface area contributed by atoms with E-state index >= 15 is 0 Å². The zero-order chi connectivity index (χ0) is 15.4. The van der Waals surface area contributed by atoms with Crippen LogP contribution in [-0.4, -0.2) is 33.1 Å². The molecule has 0 aliphatic carbocycles. The number of carbonyl (C=O) groups is 1. The summed E-state index contributed by atoms with van der Waals surface area (Å²) in [4.78, 5) is 22.6. The van der Waals surface area contributed by atoms with Crippen LogP contribution in [0.1, 0.15) is 12.1 Å². The molecule has 21 heavy (non-hydrogen) atoms. The molecule has 1 aromatic heterocycles. The van der Waals surface area contributed by atoms with E-state index < -0.39 is 11.5 Å². The van der Waals surface area contributed by atoms with Crippen molar-refractivity contribution in [3.05, 3.63) is 46.4 Å². The highest BCUT2D eigenvalue weighted by atomic mass is 16.5. The lowest BCUT2D eigenvalue weighted by molar-refractivity contribution is -0.136. The van der Waals surface area contributed by atoms with Crippen molar-refractivity contribution in [3.8, 4) is 17.2 Å². The van der Waals surface area contributed by atoms with Gasteiger partial charge >= 0.3 is 5.97 Å². The molecule has 0 fully saturated rings. The van der Waals surface area contributed by atoms with Crippen LogP contribution in [0.5, 0.6) is 11.5 Å². The summed E-state index contributed by atoms with van der Waals surface area (Å²) in [5.74, 6) is -0.874. The summed E-state index contributed by atoms with van der Waals surface area (Å²) in [5, 5.41) is 22.4. The number of hydrogen-bond donors (Lipinski definition) is 2. The van der Waals surface area contributed by atoms with Crippen molar-refractivity contribution in [1.82, 2.24) is 9.78 Å². The normalized spacial score (nSPS) is 10.3. The molecule has 0 atom stereocenters. The number of methoxy groups -OCH3 is 1. The number of ether oxygens (including phenoxy) is 1. The van der Waals surface area contributed by atoms with Gasteiger partial charge in [0.2, 0.25) is 0 Å². The van der Waals surface area contributed by atoms with E-state index in [1.54, 1.807) is 24.3 Å². The molecular weight excluding hydrogens is 276 g/mol. The lowest BCUT2D eigenvalue weighted by atomic mass is 10.2. The number of hydrogen-bond acceptors (Lipinski definition) is 5. The van der Waals surface area contributed by atoms with Crippen molar-refractivity contribution in [3.63, 3.8) is 0 Å². The second kappa shape index (κ2) is 6.08. The van der Waals surface area contributed by atoms with Crippen LogP contribution >= 0.6 is 0 Å². The fourth-order valence-corrected chi connectivity index (χ4v) is 1.86. The lowest BCUT2D eigenvalue weighted by Crippen LogP contribution is -2.22. The maximum Gasteiger partial charge on any atom is 0.303 e. The first-order chi connectivity index (χ1) is 10.0. The van der Waals surface area contributed by atoms with Gasteiger partial charge in [-0.2, -0.15) is 9.78 Å². The number of nitrogens with zero attached hydrogens (tertiary/aromatic N) is 2. The van der Waals surface area contributed by atoms with Crippen LogP contribution in [0.2, 0.25) is 0 Å². The second-order valence-corrected chi connectivity index (χ2v) is 4.29. The van der Waals surface area contributed by atoms with E-state index in [0.717, 1.165) is 10.7 Å². The number of aromatic nitrogens is 2. The first-order valence-electron chi connectivity index (χ1n) is 6.20. The molecule has 0 unspecified atom stereocenters. The molecule has 0 saturated carbocycles. The van der Waals surface area contributed by atoms with Crippen molar-refractivity contribution in [2.24, 2.45) is 0 Å². The molecule has 0 bridgehead atoms. The van der Waals surface area contributed by atoms with E-state index in [4.69, 9.17) is 9.84 Å². The molecule has 0 amide bonds. The summed E-state index contributed by atoms with van der Waals surface area (Å²) >= 11 is 0. The molecule has 0 aliphatic heterocycles. The highest BCUT2D eigenvalue weighted by Crippen LogP contribution is 2.21. The standard InChI is InChI=1S/C14H14N2O5/c1-21-12-5-3-2-4-10(12)16-13(18)8-11(17)9(15-16)6-7-14(19)20/h2-5,8,17H,6-7H2,1H3,(H,19,20). The second-order valence-electron chi connectivity index (χ2n) is 4.29. The monoisotopic (exact) mass is 290 g/mol. The summed E-state index contributed by atoms with van der Waals surface area (Å²) < 4.78 is 6.25. The number of carboxylic acid groups (broad SMARTS) is 1. The van der Waals surface area contributed by atoms with Gasteiger partial charge in [-0.1, -0.05) is 12.1 Å². The SMILES string of the molecule is COc1ccccc1-n1nc(CCC(=O)O)c(O)cc1=O. The molecule has 2 aromatic rings. The third-order valence-electron chi connectivity index (χ3n) is 2.87. The number of carboxylic acids is 1. The summed E-state index contributed by atoms with van der Waals surface area (Å²) in [7, 11) is 1.47. The van der Waals surface area contributed by atoms with Gasteiger partial charge < -0.3 is 14.9 Å². The minimum absolute atomic E-state index is 0.0244. The zero-order valence-corrected chi connectivity index (χ0v) is 11.3. The molecule has 1 heterocycles. The molecule has 0 aliphatic rings. The Bertz CT molecular complexity index is 724. The largest absolute Gasteiger partial charge is 0.506 e. The van der Waals surface area contributed by atoms with Gasteiger partial charge in [-0.15, -0.1) is 0 Å².